The second kappa shape index (κ2) is 7.74. The van der Waals surface area contributed by atoms with Gasteiger partial charge in [-0.1, -0.05) is 13.8 Å². The summed E-state index contributed by atoms with van der Waals surface area (Å²) in [7, 11) is 3.01. The van der Waals surface area contributed by atoms with E-state index in [9.17, 15) is 14.9 Å². The highest BCUT2D eigenvalue weighted by Crippen LogP contribution is 2.27. The smallest absolute Gasteiger partial charge is 0.311 e. The van der Waals surface area contributed by atoms with Crippen LogP contribution in [-0.2, 0) is 0 Å². The molecule has 0 radical (unpaired) electrons. The lowest BCUT2D eigenvalue weighted by Gasteiger charge is -2.21. The molecule has 0 spiro atoms. The molecule has 1 aromatic carbocycles. The predicted molar refractivity (Wildman–Crippen MR) is 84.0 cm³/mol. The zero-order valence-electron chi connectivity index (χ0n) is 13.4. The van der Waals surface area contributed by atoms with Gasteiger partial charge in [0.1, 0.15) is 0 Å². The van der Waals surface area contributed by atoms with Crippen molar-refractivity contribution in [3.8, 4) is 5.75 Å². The molecule has 0 saturated carbocycles. The number of nitro groups is 1. The summed E-state index contributed by atoms with van der Waals surface area (Å²) in [5.41, 5.74) is 6.00. The van der Waals surface area contributed by atoms with Gasteiger partial charge in [0.15, 0.2) is 5.75 Å². The first-order valence-electron chi connectivity index (χ1n) is 7.11. The van der Waals surface area contributed by atoms with Crippen molar-refractivity contribution in [3.05, 3.63) is 33.9 Å². The molecule has 0 bridgehead atoms. The van der Waals surface area contributed by atoms with E-state index in [-0.39, 0.29) is 28.9 Å². The van der Waals surface area contributed by atoms with Crippen molar-refractivity contribution in [1.82, 2.24) is 4.90 Å². The first kappa shape index (κ1) is 17.9. The third-order valence-electron chi connectivity index (χ3n) is 3.62. The Morgan fingerprint density at radius 1 is 1.45 bits per heavy atom. The van der Waals surface area contributed by atoms with E-state index in [0.717, 1.165) is 0 Å². The van der Waals surface area contributed by atoms with Gasteiger partial charge in [0.2, 0.25) is 0 Å². The Balaban J connectivity index is 2.84. The molecule has 1 amide bonds. The molecular formula is C15H23N3O4. The highest BCUT2D eigenvalue weighted by Gasteiger charge is 2.20. The summed E-state index contributed by atoms with van der Waals surface area (Å²) >= 11 is 0. The van der Waals surface area contributed by atoms with Crippen LogP contribution in [0.3, 0.4) is 0 Å². The fraction of sp³-hybridized carbons (Fsp3) is 0.533. The average molecular weight is 309 g/mol. The molecule has 7 heteroatoms. The zero-order valence-corrected chi connectivity index (χ0v) is 13.4. The van der Waals surface area contributed by atoms with Gasteiger partial charge in [0.05, 0.1) is 12.0 Å². The molecule has 22 heavy (non-hydrogen) atoms. The quantitative estimate of drug-likeness (QED) is 0.614. The maximum atomic E-state index is 12.3. The number of amides is 1. The van der Waals surface area contributed by atoms with E-state index in [4.69, 9.17) is 10.5 Å². The van der Waals surface area contributed by atoms with Crippen molar-refractivity contribution in [2.75, 3.05) is 20.7 Å². The highest BCUT2D eigenvalue weighted by atomic mass is 16.6. The first-order chi connectivity index (χ1) is 10.3. The van der Waals surface area contributed by atoms with Crippen molar-refractivity contribution in [2.45, 2.75) is 26.3 Å². The molecule has 1 unspecified atom stereocenters. The Morgan fingerprint density at radius 3 is 2.59 bits per heavy atom. The summed E-state index contributed by atoms with van der Waals surface area (Å²) in [6, 6.07) is 4.20. The van der Waals surface area contributed by atoms with Crippen molar-refractivity contribution >= 4 is 11.6 Å². The van der Waals surface area contributed by atoms with Gasteiger partial charge in [-0.05, 0) is 24.5 Å². The molecule has 0 saturated heterocycles. The SMILES string of the molecule is COc1ccc(C(=O)N(C)CCC(N)C(C)C)cc1[N+](=O)[O-]. The molecule has 1 rings (SSSR count). The van der Waals surface area contributed by atoms with Gasteiger partial charge in [-0.25, -0.2) is 0 Å². The number of hydrogen-bond acceptors (Lipinski definition) is 5. The number of nitrogens with zero attached hydrogens (tertiary/aromatic N) is 2. The molecule has 0 aliphatic rings. The van der Waals surface area contributed by atoms with Gasteiger partial charge in [-0.2, -0.15) is 0 Å². The van der Waals surface area contributed by atoms with E-state index in [1.54, 1.807) is 7.05 Å². The summed E-state index contributed by atoms with van der Waals surface area (Å²) in [5, 5.41) is 11.0. The van der Waals surface area contributed by atoms with E-state index in [1.165, 1.54) is 30.2 Å². The number of ether oxygens (including phenoxy) is 1. The number of methoxy groups -OCH3 is 1. The second-order valence-electron chi connectivity index (χ2n) is 5.57. The van der Waals surface area contributed by atoms with E-state index < -0.39 is 4.92 Å². The van der Waals surface area contributed by atoms with Crippen molar-refractivity contribution in [3.63, 3.8) is 0 Å². The van der Waals surface area contributed by atoms with Crippen molar-refractivity contribution in [2.24, 2.45) is 11.7 Å². The van der Waals surface area contributed by atoms with Crippen molar-refractivity contribution in [1.29, 1.82) is 0 Å². The number of nitro benzene ring substituents is 1. The maximum Gasteiger partial charge on any atom is 0.311 e. The van der Waals surface area contributed by atoms with Crippen LogP contribution in [0, 0.1) is 16.0 Å². The normalized spacial score (nSPS) is 12.1. The number of carbonyl (C=O) groups excluding carboxylic acids is 1. The Hall–Kier alpha value is -2.15. The van der Waals surface area contributed by atoms with E-state index in [0.29, 0.717) is 18.9 Å². The third-order valence-corrected chi connectivity index (χ3v) is 3.62. The van der Waals surface area contributed by atoms with Crippen LogP contribution in [0.4, 0.5) is 5.69 Å². The summed E-state index contributed by atoms with van der Waals surface area (Å²) in [5.74, 6) is 0.193. The van der Waals surface area contributed by atoms with Crippen LogP contribution in [0.5, 0.6) is 5.75 Å². The molecule has 1 atom stereocenters. The van der Waals surface area contributed by atoms with Crippen LogP contribution in [0.25, 0.3) is 0 Å². The minimum atomic E-state index is -0.565. The fourth-order valence-corrected chi connectivity index (χ4v) is 1.96. The monoisotopic (exact) mass is 309 g/mol. The minimum absolute atomic E-state index is 0.0143. The third kappa shape index (κ3) is 4.42. The molecule has 0 aliphatic carbocycles. The number of rotatable bonds is 7. The number of nitrogens with two attached hydrogens (primary N) is 1. The van der Waals surface area contributed by atoms with Gasteiger partial charge in [-0.3, -0.25) is 14.9 Å². The Bertz CT molecular complexity index is 546. The first-order valence-corrected chi connectivity index (χ1v) is 7.11. The molecule has 0 fully saturated rings. The molecule has 0 heterocycles. The zero-order chi connectivity index (χ0) is 16.9. The molecule has 2 N–H and O–H groups in total. The molecule has 0 aliphatic heterocycles. The van der Waals surface area contributed by atoms with Crippen LogP contribution in [-0.4, -0.2) is 42.5 Å². The Kier molecular flexibility index (Phi) is 6.30. The number of carbonyl (C=O) groups is 1. The minimum Gasteiger partial charge on any atom is -0.490 e. The van der Waals surface area contributed by atoms with Gasteiger partial charge in [-0.15, -0.1) is 0 Å². The van der Waals surface area contributed by atoms with Crippen molar-refractivity contribution < 1.29 is 14.5 Å². The van der Waals surface area contributed by atoms with Gasteiger partial charge >= 0.3 is 5.69 Å². The van der Waals surface area contributed by atoms with Gasteiger partial charge in [0, 0.05) is 31.3 Å². The lowest BCUT2D eigenvalue weighted by Crippen LogP contribution is -2.34. The van der Waals surface area contributed by atoms with E-state index in [1.807, 2.05) is 13.8 Å². The predicted octanol–water partition coefficient (Wildman–Crippen LogP) is 2.05. The summed E-state index contributed by atoms with van der Waals surface area (Å²) in [4.78, 5) is 24.3. The fourth-order valence-electron chi connectivity index (χ4n) is 1.96. The second-order valence-corrected chi connectivity index (χ2v) is 5.57. The summed E-state index contributed by atoms with van der Waals surface area (Å²) in [6.07, 6.45) is 0.679. The van der Waals surface area contributed by atoms with Gasteiger partial charge < -0.3 is 15.4 Å². The lowest BCUT2D eigenvalue weighted by molar-refractivity contribution is -0.385. The van der Waals surface area contributed by atoms with E-state index >= 15 is 0 Å². The average Bonchev–Trinajstić information content (AvgIpc) is 2.50. The number of benzene rings is 1. The summed E-state index contributed by atoms with van der Waals surface area (Å²) in [6.45, 7) is 4.55. The standard InChI is InChI=1S/C15H23N3O4/c1-10(2)12(16)7-8-17(3)15(19)11-5-6-14(22-4)13(9-11)18(20)21/h5-6,9-10,12H,7-8,16H2,1-4H3. The number of hydrogen-bond donors (Lipinski definition) is 1. The summed E-state index contributed by atoms with van der Waals surface area (Å²) < 4.78 is 4.92. The Morgan fingerprint density at radius 2 is 2.09 bits per heavy atom. The molecule has 122 valence electrons. The lowest BCUT2D eigenvalue weighted by atomic mass is 10.0. The topological polar surface area (TPSA) is 98.7 Å². The molecule has 0 aromatic heterocycles. The Labute approximate surface area is 130 Å². The van der Waals surface area contributed by atoms with Crippen LogP contribution >= 0.6 is 0 Å². The van der Waals surface area contributed by atoms with Gasteiger partial charge in [0.25, 0.3) is 5.91 Å². The van der Waals surface area contributed by atoms with Crippen LogP contribution < -0.4 is 10.5 Å². The molecule has 1 aromatic rings. The van der Waals surface area contributed by atoms with Crippen LogP contribution in [0.15, 0.2) is 18.2 Å². The van der Waals surface area contributed by atoms with Crippen LogP contribution in [0.1, 0.15) is 30.6 Å². The van der Waals surface area contributed by atoms with Crippen LogP contribution in [0.2, 0.25) is 0 Å². The molecule has 7 nitrogen and oxygen atoms in total. The largest absolute Gasteiger partial charge is 0.490 e. The maximum absolute atomic E-state index is 12.3. The molecular weight excluding hydrogens is 286 g/mol. The van der Waals surface area contributed by atoms with E-state index in [2.05, 4.69) is 0 Å². The highest BCUT2D eigenvalue weighted by molar-refractivity contribution is 5.95.